The molecule has 0 spiro atoms. The number of anilines is 1. The van der Waals surface area contributed by atoms with E-state index in [1.165, 1.54) is 21.7 Å². The van der Waals surface area contributed by atoms with Gasteiger partial charge in [0.2, 0.25) is 27.6 Å². The molecule has 10 heteroatoms. The third-order valence-corrected chi connectivity index (χ3v) is 7.69. The van der Waals surface area contributed by atoms with Crippen molar-refractivity contribution in [3.05, 3.63) is 47.7 Å². The van der Waals surface area contributed by atoms with Crippen LogP contribution in [0.3, 0.4) is 0 Å². The molecule has 1 amide bonds. The van der Waals surface area contributed by atoms with E-state index in [2.05, 4.69) is 15.5 Å². The number of aryl methyl sites for hydroxylation is 1. The number of hydrogen-bond acceptors (Lipinski definition) is 7. The lowest BCUT2D eigenvalue weighted by Crippen LogP contribution is -2.36. The second-order valence-corrected chi connectivity index (χ2v) is 9.85. The Labute approximate surface area is 179 Å². The second kappa shape index (κ2) is 9.07. The Morgan fingerprint density at radius 3 is 2.70 bits per heavy atom. The number of sulfonamides is 1. The molecule has 158 valence electrons. The minimum atomic E-state index is -3.65. The van der Waals surface area contributed by atoms with Gasteiger partial charge in [0, 0.05) is 25.9 Å². The lowest BCUT2D eigenvalue weighted by molar-refractivity contribution is -0.116. The van der Waals surface area contributed by atoms with Crippen molar-refractivity contribution in [3.8, 4) is 10.7 Å². The number of benzene rings is 1. The second-order valence-electron chi connectivity index (χ2n) is 7.00. The van der Waals surface area contributed by atoms with E-state index in [0.29, 0.717) is 24.8 Å². The summed E-state index contributed by atoms with van der Waals surface area (Å²) in [6.07, 6.45) is 3.11. The predicted molar refractivity (Wildman–Crippen MR) is 114 cm³/mol. The molecule has 2 aromatic heterocycles. The van der Waals surface area contributed by atoms with Crippen LogP contribution < -0.4 is 5.32 Å². The number of carbonyl (C=O) groups is 1. The smallest absolute Gasteiger partial charge is 0.245 e. The summed E-state index contributed by atoms with van der Waals surface area (Å²) in [4.78, 5) is 17.8. The van der Waals surface area contributed by atoms with Gasteiger partial charge in [0.15, 0.2) is 0 Å². The van der Waals surface area contributed by atoms with Crippen molar-refractivity contribution in [2.75, 3.05) is 18.4 Å². The predicted octanol–water partition coefficient (Wildman–Crippen LogP) is 3.54. The first-order chi connectivity index (χ1) is 14.5. The number of amides is 1. The maximum absolute atomic E-state index is 13.0. The maximum atomic E-state index is 13.0. The molecule has 0 radical (unpaired) electrons. The molecule has 3 heterocycles. The van der Waals surface area contributed by atoms with E-state index >= 15 is 0 Å². The zero-order valence-electron chi connectivity index (χ0n) is 16.3. The van der Waals surface area contributed by atoms with Crippen LogP contribution in [0.2, 0.25) is 0 Å². The number of para-hydroxylation sites is 1. The number of nitrogens with zero attached hydrogens (tertiary/aromatic N) is 3. The average Bonchev–Trinajstić information content (AvgIpc) is 3.45. The molecule has 8 nitrogen and oxygen atoms in total. The third-order valence-electron chi connectivity index (χ3n) is 4.87. The molecular weight excluding hydrogens is 424 g/mol. The van der Waals surface area contributed by atoms with Crippen molar-refractivity contribution in [2.45, 2.75) is 37.0 Å². The summed E-state index contributed by atoms with van der Waals surface area (Å²) in [7, 11) is -3.65. The molecule has 4 rings (SSSR count). The van der Waals surface area contributed by atoms with Crippen LogP contribution in [0, 0.1) is 0 Å². The van der Waals surface area contributed by atoms with Crippen LogP contribution in [0.25, 0.3) is 10.7 Å². The van der Waals surface area contributed by atoms with Gasteiger partial charge in [-0.3, -0.25) is 4.79 Å². The van der Waals surface area contributed by atoms with E-state index in [1.54, 1.807) is 18.2 Å². The van der Waals surface area contributed by atoms with E-state index in [9.17, 15) is 13.2 Å². The molecule has 1 N–H and O–H groups in total. The lowest BCUT2D eigenvalue weighted by Gasteiger charge is -2.26. The molecule has 1 fully saturated rings. The third kappa shape index (κ3) is 4.61. The minimum Gasteiger partial charge on any atom is -0.339 e. The van der Waals surface area contributed by atoms with E-state index in [0.717, 1.165) is 24.1 Å². The number of rotatable bonds is 7. The average molecular weight is 447 g/mol. The van der Waals surface area contributed by atoms with Crippen molar-refractivity contribution in [1.29, 1.82) is 0 Å². The van der Waals surface area contributed by atoms with Crippen LogP contribution in [0.5, 0.6) is 0 Å². The van der Waals surface area contributed by atoms with Gasteiger partial charge in [0.25, 0.3) is 0 Å². The highest BCUT2D eigenvalue weighted by atomic mass is 32.2. The van der Waals surface area contributed by atoms with Crippen molar-refractivity contribution in [1.82, 2.24) is 14.4 Å². The summed E-state index contributed by atoms with van der Waals surface area (Å²) in [6, 6.07) is 10.3. The Hall–Kier alpha value is -2.56. The van der Waals surface area contributed by atoms with Gasteiger partial charge in [0.05, 0.1) is 10.6 Å². The van der Waals surface area contributed by atoms with Gasteiger partial charge in [-0.25, -0.2) is 8.42 Å². The van der Waals surface area contributed by atoms with Crippen LogP contribution in [-0.2, 0) is 21.2 Å². The summed E-state index contributed by atoms with van der Waals surface area (Å²) >= 11 is 1.51. The highest BCUT2D eigenvalue weighted by Crippen LogP contribution is 2.27. The Morgan fingerprint density at radius 1 is 1.13 bits per heavy atom. The van der Waals surface area contributed by atoms with Gasteiger partial charge < -0.3 is 9.84 Å². The first-order valence-electron chi connectivity index (χ1n) is 9.79. The SMILES string of the molecule is O=C(CCc1nc(-c2cccs2)no1)Nc1ccccc1S(=O)(=O)N1CCCCC1. The van der Waals surface area contributed by atoms with Crippen LogP contribution in [-0.4, -0.2) is 41.9 Å². The number of hydrogen-bond donors (Lipinski definition) is 1. The molecule has 0 saturated carbocycles. The van der Waals surface area contributed by atoms with Crippen LogP contribution in [0.1, 0.15) is 31.6 Å². The Morgan fingerprint density at radius 2 is 1.93 bits per heavy atom. The fraction of sp³-hybridized carbons (Fsp3) is 0.350. The minimum absolute atomic E-state index is 0.101. The van der Waals surface area contributed by atoms with Gasteiger partial charge >= 0.3 is 0 Å². The summed E-state index contributed by atoms with van der Waals surface area (Å²) in [6.45, 7) is 1.02. The standard InChI is InChI=1S/C20H22N4O4S2/c25-18(10-11-19-22-20(23-28-19)16-8-6-14-29-16)21-15-7-2-3-9-17(15)30(26,27)24-12-4-1-5-13-24/h2-3,6-9,14H,1,4-5,10-13H2,(H,21,25). The molecule has 1 aliphatic rings. The summed E-state index contributed by atoms with van der Waals surface area (Å²) < 4.78 is 32.8. The Kier molecular flexibility index (Phi) is 6.26. The molecule has 1 aliphatic heterocycles. The summed E-state index contributed by atoms with van der Waals surface area (Å²) in [5, 5.41) is 8.58. The molecule has 0 atom stereocenters. The van der Waals surface area contributed by atoms with Crippen molar-refractivity contribution in [2.24, 2.45) is 0 Å². The van der Waals surface area contributed by atoms with Gasteiger partial charge in [0.1, 0.15) is 4.90 Å². The zero-order valence-corrected chi connectivity index (χ0v) is 17.9. The largest absolute Gasteiger partial charge is 0.339 e. The van der Waals surface area contributed by atoms with Gasteiger partial charge in [-0.2, -0.15) is 9.29 Å². The van der Waals surface area contributed by atoms with E-state index < -0.39 is 10.0 Å². The first-order valence-corrected chi connectivity index (χ1v) is 12.1. The number of piperidine rings is 1. The number of aromatic nitrogens is 2. The van der Waals surface area contributed by atoms with Gasteiger partial charge in [-0.15, -0.1) is 11.3 Å². The van der Waals surface area contributed by atoms with Crippen molar-refractivity contribution >= 4 is 33.0 Å². The highest BCUT2D eigenvalue weighted by molar-refractivity contribution is 7.89. The Bertz CT molecular complexity index is 1100. The maximum Gasteiger partial charge on any atom is 0.245 e. The fourth-order valence-electron chi connectivity index (χ4n) is 3.33. The molecular formula is C20H22N4O4S2. The topological polar surface area (TPSA) is 105 Å². The Balaban J connectivity index is 1.41. The van der Waals surface area contributed by atoms with Gasteiger partial charge in [-0.05, 0) is 36.4 Å². The molecule has 0 unspecified atom stereocenters. The van der Waals surface area contributed by atoms with Crippen LogP contribution in [0.15, 0.2) is 51.2 Å². The van der Waals surface area contributed by atoms with Crippen LogP contribution >= 0.6 is 11.3 Å². The zero-order chi connectivity index (χ0) is 21.0. The normalized spacial score (nSPS) is 15.2. The van der Waals surface area contributed by atoms with E-state index in [1.807, 2.05) is 17.5 Å². The summed E-state index contributed by atoms with van der Waals surface area (Å²) in [5.41, 5.74) is 0.290. The number of nitrogens with one attached hydrogen (secondary N) is 1. The van der Waals surface area contributed by atoms with Crippen molar-refractivity contribution < 1.29 is 17.7 Å². The highest BCUT2D eigenvalue weighted by Gasteiger charge is 2.28. The summed E-state index contributed by atoms with van der Waals surface area (Å²) in [5.74, 6) is 0.549. The number of carbonyl (C=O) groups excluding carboxylic acids is 1. The molecule has 30 heavy (non-hydrogen) atoms. The number of thiophene rings is 1. The monoisotopic (exact) mass is 446 g/mol. The van der Waals surface area contributed by atoms with Crippen molar-refractivity contribution in [3.63, 3.8) is 0 Å². The molecule has 0 bridgehead atoms. The lowest BCUT2D eigenvalue weighted by atomic mass is 10.2. The quantitative estimate of drug-likeness (QED) is 0.595. The van der Waals surface area contributed by atoms with E-state index in [-0.39, 0.29) is 29.3 Å². The molecule has 1 aromatic carbocycles. The van der Waals surface area contributed by atoms with Crippen LogP contribution in [0.4, 0.5) is 5.69 Å². The molecule has 1 saturated heterocycles. The molecule has 3 aromatic rings. The van der Waals surface area contributed by atoms with E-state index in [4.69, 9.17) is 4.52 Å². The van der Waals surface area contributed by atoms with Gasteiger partial charge in [-0.1, -0.05) is 29.8 Å². The first kappa shape index (κ1) is 20.7. The fourth-order valence-corrected chi connectivity index (χ4v) is 5.65. The molecule has 0 aliphatic carbocycles.